The molecule has 0 atom stereocenters. The highest BCUT2D eigenvalue weighted by molar-refractivity contribution is 6.12. The van der Waals surface area contributed by atoms with Crippen molar-refractivity contribution in [3.63, 3.8) is 0 Å². The molecule has 0 fully saturated rings. The molecule has 0 unspecified atom stereocenters. The molecule has 0 spiro atoms. The second kappa shape index (κ2) is 5.63. The van der Waals surface area contributed by atoms with Crippen molar-refractivity contribution >= 4 is 11.8 Å². The molecular weight excluding hydrogens is 290 g/mol. The van der Waals surface area contributed by atoms with Crippen LogP contribution >= 0.6 is 0 Å². The van der Waals surface area contributed by atoms with Crippen molar-refractivity contribution in [2.75, 3.05) is 0 Å². The van der Waals surface area contributed by atoms with Gasteiger partial charge in [-0.3, -0.25) is 14.5 Å². The average molecular weight is 309 g/mol. The number of benzene rings is 2. The fourth-order valence-electron chi connectivity index (χ4n) is 2.98. The Labute approximate surface area is 135 Å². The number of fused-ring (bicyclic) bond motifs is 1. The van der Waals surface area contributed by atoms with Crippen molar-refractivity contribution in [3.05, 3.63) is 70.8 Å². The predicted octanol–water partition coefficient (Wildman–Crippen LogP) is 2.64. The van der Waals surface area contributed by atoms with Crippen LogP contribution in [0.3, 0.4) is 0 Å². The summed E-state index contributed by atoms with van der Waals surface area (Å²) in [5.74, 6) is -0.441. The standard InChI is InChI=1S/C19H19NO3/c1-19(2)16-6-4-3-5-15(16)17(22)20(18(19)23)11-13-7-9-14(12-21)10-8-13/h3-10,21H,11-12H2,1-2H3. The summed E-state index contributed by atoms with van der Waals surface area (Å²) in [5.41, 5.74) is 2.30. The zero-order chi connectivity index (χ0) is 16.6. The van der Waals surface area contributed by atoms with Gasteiger partial charge in [0.2, 0.25) is 5.91 Å². The van der Waals surface area contributed by atoms with E-state index in [1.807, 2.05) is 44.2 Å². The predicted molar refractivity (Wildman–Crippen MR) is 86.7 cm³/mol. The van der Waals surface area contributed by atoms with Gasteiger partial charge in [-0.25, -0.2) is 0 Å². The van der Waals surface area contributed by atoms with Crippen molar-refractivity contribution in [1.29, 1.82) is 0 Å². The molecule has 4 heteroatoms. The van der Waals surface area contributed by atoms with Crippen LogP contribution in [0.4, 0.5) is 0 Å². The van der Waals surface area contributed by atoms with E-state index >= 15 is 0 Å². The molecule has 0 saturated heterocycles. The third kappa shape index (κ3) is 2.55. The summed E-state index contributed by atoms with van der Waals surface area (Å²) in [4.78, 5) is 26.8. The second-order valence-electron chi connectivity index (χ2n) is 6.34. The number of rotatable bonds is 3. The monoisotopic (exact) mass is 309 g/mol. The summed E-state index contributed by atoms with van der Waals surface area (Å²) >= 11 is 0. The summed E-state index contributed by atoms with van der Waals surface area (Å²) in [6.45, 7) is 3.91. The zero-order valence-electron chi connectivity index (χ0n) is 13.2. The molecular formula is C19H19NO3. The van der Waals surface area contributed by atoms with Crippen LogP contribution in [0.1, 0.15) is 40.9 Å². The van der Waals surface area contributed by atoms with Gasteiger partial charge in [-0.15, -0.1) is 0 Å². The molecule has 1 aliphatic rings. The number of aliphatic hydroxyl groups excluding tert-OH is 1. The van der Waals surface area contributed by atoms with E-state index in [-0.39, 0.29) is 25.0 Å². The first-order valence-electron chi connectivity index (χ1n) is 7.59. The van der Waals surface area contributed by atoms with Crippen molar-refractivity contribution in [2.45, 2.75) is 32.4 Å². The Hall–Kier alpha value is -2.46. The SMILES string of the molecule is CC1(C)C(=O)N(Cc2ccc(CO)cc2)C(=O)c2ccccc21. The molecule has 4 nitrogen and oxygen atoms in total. The third-order valence-corrected chi connectivity index (χ3v) is 4.40. The number of carbonyl (C=O) groups excluding carboxylic acids is 2. The Kier molecular flexibility index (Phi) is 3.78. The minimum atomic E-state index is -0.727. The number of carbonyl (C=O) groups is 2. The molecule has 0 saturated carbocycles. The quantitative estimate of drug-likeness (QED) is 0.887. The van der Waals surface area contributed by atoms with E-state index in [9.17, 15) is 9.59 Å². The summed E-state index contributed by atoms with van der Waals surface area (Å²) in [6, 6.07) is 14.5. The molecule has 3 rings (SSSR count). The van der Waals surface area contributed by atoms with Gasteiger partial charge >= 0.3 is 0 Å². The highest BCUT2D eigenvalue weighted by atomic mass is 16.3. The lowest BCUT2D eigenvalue weighted by molar-refractivity contribution is -0.134. The highest BCUT2D eigenvalue weighted by Gasteiger charge is 2.43. The van der Waals surface area contributed by atoms with Gasteiger partial charge in [0, 0.05) is 5.56 Å². The Bertz CT molecular complexity index is 762. The summed E-state index contributed by atoms with van der Waals surface area (Å²) < 4.78 is 0. The fourth-order valence-corrected chi connectivity index (χ4v) is 2.98. The van der Waals surface area contributed by atoms with E-state index in [1.165, 1.54) is 4.90 Å². The van der Waals surface area contributed by atoms with Gasteiger partial charge in [0.25, 0.3) is 5.91 Å². The molecule has 2 aromatic rings. The van der Waals surface area contributed by atoms with Gasteiger partial charge in [0.1, 0.15) is 0 Å². The van der Waals surface area contributed by atoms with Crippen molar-refractivity contribution in [3.8, 4) is 0 Å². The second-order valence-corrected chi connectivity index (χ2v) is 6.34. The summed E-state index contributed by atoms with van der Waals surface area (Å²) in [6.07, 6.45) is 0. The molecule has 0 aliphatic carbocycles. The molecule has 0 bridgehead atoms. The lowest BCUT2D eigenvalue weighted by Gasteiger charge is -2.37. The smallest absolute Gasteiger partial charge is 0.261 e. The first kappa shape index (κ1) is 15.4. The van der Waals surface area contributed by atoms with Crippen LogP contribution < -0.4 is 0 Å². The average Bonchev–Trinajstić information content (AvgIpc) is 2.58. The van der Waals surface area contributed by atoms with Gasteiger partial charge in [-0.2, -0.15) is 0 Å². The van der Waals surface area contributed by atoms with Crippen LogP contribution in [-0.4, -0.2) is 21.8 Å². The number of imide groups is 1. The lowest BCUT2D eigenvalue weighted by Crippen LogP contribution is -2.51. The minimum Gasteiger partial charge on any atom is -0.392 e. The van der Waals surface area contributed by atoms with Crippen LogP contribution in [0.2, 0.25) is 0 Å². The van der Waals surface area contributed by atoms with Crippen LogP contribution in [0.15, 0.2) is 48.5 Å². The van der Waals surface area contributed by atoms with Crippen molar-refractivity contribution < 1.29 is 14.7 Å². The molecule has 118 valence electrons. The molecule has 2 amide bonds. The number of nitrogens with zero attached hydrogens (tertiary/aromatic N) is 1. The summed E-state index contributed by atoms with van der Waals surface area (Å²) in [5, 5.41) is 9.09. The maximum Gasteiger partial charge on any atom is 0.261 e. The summed E-state index contributed by atoms with van der Waals surface area (Å²) in [7, 11) is 0. The van der Waals surface area contributed by atoms with Gasteiger partial charge in [-0.1, -0.05) is 42.5 Å². The van der Waals surface area contributed by atoms with E-state index < -0.39 is 5.41 Å². The lowest BCUT2D eigenvalue weighted by atomic mass is 9.77. The molecule has 0 radical (unpaired) electrons. The van der Waals surface area contributed by atoms with E-state index in [0.717, 1.165) is 16.7 Å². The van der Waals surface area contributed by atoms with Gasteiger partial charge in [0.15, 0.2) is 0 Å². The number of amides is 2. The van der Waals surface area contributed by atoms with E-state index in [2.05, 4.69) is 0 Å². The Morgan fingerprint density at radius 3 is 2.22 bits per heavy atom. The van der Waals surface area contributed by atoms with Gasteiger partial charge in [-0.05, 0) is 36.6 Å². The van der Waals surface area contributed by atoms with Gasteiger partial charge in [0.05, 0.1) is 18.6 Å². The highest BCUT2D eigenvalue weighted by Crippen LogP contribution is 2.34. The van der Waals surface area contributed by atoms with Crippen molar-refractivity contribution in [2.24, 2.45) is 0 Å². The molecule has 2 aromatic carbocycles. The van der Waals surface area contributed by atoms with Crippen LogP contribution in [0.25, 0.3) is 0 Å². The molecule has 1 heterocycles. The minimum absolute atomic E-state index is 0.0255. The third-order valence-electron chi connectivity index (χ3n) is 4.40. The Morgan fingerprint density at radius 2 is 1.57 bits per heavy atom. The maximum atomic E-state index is 12.8. The first-order chi connectivity index (χ1) is 10.9. The molecule has 1 N–H and O–H groups in total. The van der Waals surface area contributed by atoms with E-state index in [0.29, 0.717) is 5.56 Å². The molecule has 23 heavy (non-hydrogen) atoms. The van der Waals surface area contributed by atoms with E-state index in [4.69, 9.17) is 5.11 Å². The maximum absolute atomic E-state index is 12.8. The van der Waals surface area contributed by atoms with Crippen LogP contribution in [0, 0.1) is 0 Å². The first-order valence-corrected chi connectivity index (χ1v) is 7.59. The van der Waals surface area contributed by atoms with Crippen LogP contribution in [-0.2, 0) is 23.4 Å². The number of hydrogen-bond acceptors (Lipinski definition) is 3. The fraction of sp³-hybridized carbons (Fsp3) is 0.263. The number of hydrogen-bond donors (Lipinski definition) is 1. The molecule has 1 aliphatic heterocycles. The van der Waals surface area contributed by atoms with Crippen LogP contribution in [0.5, 0.6) is 0 Å². The van der Waals surface area contributed by atoms with Crippen molar-refractivity contribution in [1.82, 2.24) is 4.90 Å². The normalized spacial score (nSPS) is 16.4. The largest absolute Gasteiger partial charge is 0.392 e. The zero-order valence-corrected chi connectivity index (χ0v) is 13.2. The van der Waals surface area contributed by atoms with E-state index in [1.54, 1.807) is 18.2 Å². The van der Waals surface area contributed by atoms with Gasteiger partial charge < -0.3 is 5.11 Å². The topological polar surface area (TPSA) is 57.6 Å². The Balaban J connectivity index is 1.96. The number of aliphatic hydroxyl groups is 1. The Morgan fingerprint density at radius 1 is 0.957 bits per heavy atom. The molecule has 0 aromatic heterocycles.